The van der Waals surface area contributed by atoms with E-state index in [4.69, 9.17) is 9.47 Å². The van der Waals surface area contributed by atoms with E-state index >= 15 is 0 Å². The molecule has 1 N–H and O–H groups in total. The zero-order chi connectivity index (χ0) is 34.2. The molecule has 2 heterocycles. The zero-order valence-electron chi connectivity index (χ0n) is 30.1. The van der Waals surface area contributed by atoms with Gasteiger partial charge in [-0.3, -0.25) is 0 Å². The number of ether oxygens (including phenoxy) is 2. The molecule has 6 rings (SSSR count). The standard InChI is InChI=1S/C44H54N2O3/c1-5-7-9-11-13-17-27-46(28-18-14-12-10-8-6-2)35-25-26-38-42(30-35)48-41-29-33(4)40(45-34-23-21-32(3)22-24-34)31-39(41)44(38)37-20-16-15-19-36(37)43(47)49-44/h15-16,19-26,29-31,45H,5-14,17-18,27-28H2,1-4H3. The third-order valence-electron chi connectivity index (χ3n) is 10.3. The SMILES string of the molecule is CCCCCCCCN(CCCCCCCC)c1ccc2c(c1)Oc1cc(C)c(Nc3ccc(C)cc3)cc1C21OC(=O)c2ccccc21. The van der Waals surface area contributed by atoms with Gasteiger partial charge in [0.15, 0.2) is 5.60 Å². The lowest BCUT2D eigenvalue weighted by molar-refractivity contribution is 0.0224. The number of nitrogens with zero attached hydrogens (tertiary/aromatic N) is 1. The van der Waals surface area contributed by atoms with Crippen molar-refractivity contribution in [2.45, 2.75) is 110 Å². The molecule has 0 amide bonds. The lowest BCUT2D eigenvalue weighted by Crippen LogP contribution is -2.33. The van der Waals surface area contributed by atoms with E-state index in [2.05, 4.69) is 92.5 Å². The minimum absolute atomic E-state index is 0.306. The summed E-state index contributed by atoms with van der Waals surface area (Å²) in [5.74, 6) is 1.17. The van der Waals surface area contributed by atoms with Crippen molar-refractivity contribution in [2.75, 3.05) is 23.3 Å². The first kappa shape index (κ1) is 34.6. The number of unbranched alkanes of at least 4 members (excludes halogenated alkanes) is 10. The maximum Gasteiger partial charge on any atom is 0.340 e. The summed E-state index contributed by atoms with van der Waals surface area (Å²) in [6.45, 7) is 10.8. The van der Waals surface area contributed by atoms with E-state index < -0.39 is 5.60 Å². The first-order valence-corrected chi connectivity index (χ1v) is 18.8. The van der Waals surface area contributed by atoms with Crippen molar-refractivity contribution in [3.05, 3.63) is 112 Å². The Kier molecular flexibility index (Phi) is 11.3. The summed E-state index contributed by atoms with van der Waals surface area (Å²) >= 11 is 0. The maximum atomic E-state index is 13.5. The van der Waals surface area contributed by atoms with Crippen LogP contribution in [0.2, 0.25) is 0 Å². The van der Waals surface area contributed by atoms with Crippen LogP contribution in [0.15, 0.2) is 78.9 Å². The van der Waals surface area contributed by atoms with Crippen molar-refractivity contribution in [2.24, 2.45) is 0 Å². The van der Waals surface area contributed by atoms with Gasteiger partial charge in [0, 0.05) is 52.9 Å². The van der Waals surface area contributed by atoms with Gasteiger partial charge < -0.3 is 19.7 Å². The van der Waals surface area contributed by atoms with Crippen LogP contribution in [0, 0.1) is 13.8 Å². The Morgan fingerprint density at radius 1 is 0.653 bits per heavy atom. The molecule has 49 heavy (non-hydrogen) atoms. The number of carbonyl (C=O) groups excluding carboxylic acids is 1. The predicted molar refractivity (Wildman–Crippen MR) is 203 cm³/mol. The summed E-state index contributed by atoms with van der Waals surface area (Å²) in [5.41, 5.74) is 7.46. The molecule has 4 aromatic rings. The number of fused-ring (bicyclic) bond motifs is 6. The number of nitrogens with one attached hydrogen (secondary N) is 1. The van der Waals surface area contributed by atoms with Gasteiger partial charge >= 0.3 is 5.97 Å². The molecule has 258 valence electrons. The van der Waals surface area contributed by atoms with Crippen molar-refractivity contribution in [3.8, 4) is 11.5 Å². The van der Waals surface area contributed by atoms with Crippen molar-refractivity contribution in [3.63, 3.8) is 0 Å². The Morgan fingerprint density at radius 2 is 1.29 bits per heavy atom. The molecule has 4 aromatic carbocycles. The molecular formula is C44H54N2O3. The molecule has 5 nitrogen and oxygen atoms in total. The first-order chi connectivity index (χ1) is 23.9. The number of rotatable bonds is 17. The minimum atomic E-state index is -1.10. The minimum Gasteiger partial charge on any atom is -0.456 e. The van der Waals surface area contributed by atoms with Crippen LogP contribution >= 0.6 is 0 Å². The Hall–Kier alpha value is -4.25. The van der Waals surface area contributed by atoms with Crippen molar-refractivity contribution < 1.29 is 14.3 Å². The third-order valence-corrected chi connectivity index (χ3v) is 10.3. The van der Waals surface area contributed by atoms with Crippen LogP contribution in [0.3, 0.4) is 0 Å². The fraction of sp³-hybridized carbons (Fsp3) is 0.432. The molecule has 1 spiro atoms. The second-order valence-corrected chi connectivity index (χ2v) is 14.1. The number of esters is 1. The van der Waals surface area contributed by atoms with Crippen LogP contribution in [-0.4, -0.2) is 19.1 Å². The molecular weight excluding hydrogens is 604 g/mol. The molecule has 0 bridgehead atoms. The zero-order valence-corrected chi connectivity index (χ0v) is 30.1. The van der Waals surface area contributed by atoms with E-state index in [0.717, 1.165) is 58.2 Å². The quantitative estimate of drug-likeness (QED) is 0.0904. The number of benzene rings is 4. The number of carbonyl (C=O) groups is 1. The summed E-state index contributed by atoms with van der Waals surface area (Å²) < 4.78 is 13.3. The van der Waals surface area contributed by atoms with Gasteiger partial charge in [0.1, 0.15) is 11.5 Å². The summed E-state index contributed by atoms with van der Waals surface area (Å²) in [5, 5.41) is 3.61. The van der Waals surface area contributed by atoms with Gasteiger partial charge in [-0.05, 0) is 74.7 Å². The van der Waals surface area contributed by atoms with E-state index in [1.54, 1.807) is 0 Å². The van der Waals surface area contributed by atoms with E-state index in [9.17, 15) is 4.79 Å². The van der Waals surface area contributed by atoms with Gasteiger partial charge in [-0.2, -0.15) is 0 Å². The molecule has 1 atom stereocenters. The molecule has 0 saturated heterocycles. The highest BCUT2D eigenvalue weighted by Gasteiger charge is 2.53. The van der Waals surface area contributed by atoms with Gasteiger partial charge in [0.05, 0.1) is 5.56 Å². The Morgan fingerprint density at radius 3 is 1.98 bits per heavy atom. The van der Waals surface area contributed by atoms with Crippen LogP contribution in [0.5, 0.6) is 11.5 Å². The van der Waals surface area contributed by atoms with Crippen molar-refractivity contribution in [1.29, 1.82) is 0 Å². The normalized spacial score (nSPS) is 15.7. The maximum absolute atomic E-state index is 13.5. The highest BCUT2D eigenvalue weighted by molar-refractivity contribution is 5.97. The molecule has 0 aromatic heterocycles. The third kappa shape index (κ3) is 7.51. The van der Waals surface area contributed by atoms with Gasteiger partial charge in [-0.25, -0.2) is 4.79 Å². The van der Waals surface area contributed by atoms with E-state index in [1.165, 1.54) is 88.3 Å². The average molecular weight is 659 g/mol. The molecule has 0 radical (unpaired) electrons. The monoisotopic (exact) mass is 658 g/mol. The highest BCUT2D eigenvalue weighted by atomic mass is 16.6. The molecule has 1 unspecified atom stereocenters. The highest BCUT2D eigenvalue weighted by Crippen LogP contribution is 2.57. The van der Waals surface area contributed by atoms with E-state index in [-0.39, 0.29) is 5.97 Å². The van der Waals surface area contributed by atoms with Crippen LogP contribution in [0.1, 0.15) is 129 Å². The second-order valence-electron chi connectivity index (χ2n) is 14.1. The molecule has 2 aliphatic rings. The summed E-state index contributed by atoms with van der Waals surface area (Å²) in [7, 11) is 0. The van der Waals surface area contributed by atoms with Crippen LogP contribution in [0.4, 0.5) is 17.1 Å². The Labute approximate surface area is 294 Å². The summed E-state index contributed by atoms with van der Waals surface area (Å²) in [4.78, 5) is 16.1. The second kappa shape index (κ2) is 16.0. The van der Waals surface area contributed by atoms with Crippen LogP contribution in [-0.2, 0) is 10.3 Å². The first-order valence-electron chi connectivity index (χ1n) is 18.8. The lowest BCUT2D eigenvalue weighted by Gasteiger charge is -2.38. The summed E-state index contributed by atoms with van der Waals surface area (Å²) in [6.07, 6.45) is 15.3. The Bertz CT molecular complexity index is 1710. The van der Waals surface area contributed by atoms with Gasteiger partial charge in [-0.1, -0.05) is 114 Å². The smallest absolute Gasteiger partial charge is 0.340 e. The van der Waals surface area contributed by atoms with Crippen molar-refractivity contribution >= 4 is 23.0 Å². The topological polar surface area (TPSA) is 50.8 Å². The fourth-order valence-corrected chi connectivity index (χ4v) is 7.47. The molecule has 0 saturated carbocycles. The van der Waals surface area contributed by atoms with Crippen molar-refractivity contribution in [1.82, 2.24) is 0 Å². The van der Waals surface area contributed by atoms with Gasteiger partial charge in [0.25, 0.3) is 0 Å². The van der Waals surface area contributed by atoms with Crippen LogP contribution < -0.4 is 15.0 Å². The molecule has 2 aliphatic heterocycles. The number of anilines is 3. The predicted octanol–water partition coefficient (Wildman–Crippen LogP) is 12.1. The molecule has 5 heteroatoms. The molecule has 0 aliphatic carbocycles. The average Bonchev–Trinajstić information content (AvgIpc) is 3.40. The van der Waals surface area contributed by atoms with E-state index in [0.29, 0.717) is 5.56 Å². The Balaban J connectivity index is 1.35. The van der Waals surface area contributed by atoms with Gasteiger partial charge in [-0.15, -0.1) is 0 Å². The van der Waals surface area contributed by atoms with Crippen LogP contribution in [0.25, 0.3) is 0 Å². The summed E-state index contributed by atoms with van der Waals surface area (Å²) in [6, 6.07) is 26.9. The fourth-order valence-electron chi connectivity index (χ4n) is 7.47. The van der Waals surface area contributed by atoms with E-state index in [1.807, 2.05) is 24.3 Å². The molecule has 0 fully saturated rings. The van der Waals surface area contributed by atoms with Gasteiger partial charge in [0.2, 0.25) is 0 Å². The largest absolute Gasteiger partial charge is 0.456 e. The number of aryl methyl sites for hydroxylation is 2. The lowest BCUT2D eigenvalue weighted by atomic mass is 9.77. The number of hydrogen-bond donors (Lipinski definition) is 1. The number of hydrogen-bond acceptors (Lipinski definition) is 5.